The fraction of sp³-hybridized carbons (Fsp3) is 0.462. The van der Waals surface area contributed by atoms with Crippen LogP contribution in [0.2, 0.25) is 5.02 Å². The summed E-state index contributed by atoms with van der Waals surface area (Å²) in [6.45, 7) is 2.84. The van der Waals surface area contributed by atoms with Crippen LogP contribution in [0.3, 0.4) is 0 Å². The number of aliphatic hydroxyl groups excluding tert-OH is 1. The van der Waals surface area contributed by atoms with Gasteiger partial charge in [0, 0.05) is 24.6 Å². The standard InChI is InChI=1S/C13H16ClNO3/c1-13(6-7-16)9-15(12(17)18-13)8-10-2-4-11(14)5-3-10/h2-5,16H,6-9H2,1H3. The van der Waals surface area contributed by atoms with Crippen molar-refractivity contribution in [3.63, 3.8) is 0 Å². The highest BCUT2D eigenvalue weighted by atomic mass is 35.5. The molecule has 4 nitrogen and oxygen atoms in total. The zero-order valence-corrected chi connectivity index (χ0v) is 11.0. The van der Waals surface area contributed by atoms with Gasteiger partial charge >= 0.3 is 6.09 Å². The molecule has 1 heterocycles. The molecule has 18 heavy (non-hydrogen) atoms. The average Bonchev–Trinajstić information content (AvgIpc) is 2.57. The lowest BCUT2D eigenvalue weighted by molar-refractivity contribution is 0.0502. The van der Waals surface area contributed by atoms with Crippen LogP contribution in [0.25, 0.3) is 0 Å². The summed E-state index contributed by atoms with van der Waals surface area (Å²) in [5, 5.41) is 9.63. The molecule has 1 aromatic carbocycles. The van der Waals surface area contributed by atoms with Gasteiger partial charge in [-0.15, -0.1) is 0 Å². The Bertz CT molecular complexity index is 434. The number of amides is 1. The molecule has 0 saturated carbocycles. The second kappa shape index (κ2) is 5.16. The predicted octanol–water partition coefficient (Wildman–Crippen LogP) is 2.43. The number of benzene rings is 1. The normalized spacial score (nSPS) is 23.3. The van der Waals surface area contributed by atoms with Gasteiger partial charge in [-0.2, -0.15) is 0 Å². The van der Waals surface area contributed by atoms with Crippen LogP contribution in [0.5, 0.6) is 0 Å². The number of carbonyl (C=O) groups is 1. The quantitative estimate of drug-likeness (QED) is 0.913. The molecule has 0 aromatic heterocycles. The summed E-state index contributed by atoms with van der Waals surface area (Å²) in [5.74, 6) is 0. The molecule has 1 atom stereocenters. The highest BCUT2D eigenvalue weighted by Crippen LogP contribution is 2.27. The third kappa shape index (κ3) is 2.94. The Hall–Kier alpha value is -1.26. The summed E-state index contributed by atoms with van der Waals surface area (Å²) in [6.07, 6.45) is 0.122. The van der Waals surface area contributed by atoms with Crippen LogP contribution in [-0.4, -0.2) is 34.9 Å². The minimum atomic E-state index is -0.585. The van der Waals surface area contributed by atoms with Gasteiger partial charge in [0.25, 0.3) is 0 Å². The van der Waals surface area contributed by atoms with Crippen molar-refractivity contribution in [2.75, 3.05) is 13.2 Å². The number of hydrogen-bond donors (Lipinski definition) is 1. The molecule has 0 aliphatic carbocycles. The summed E-state index contributed by atoms with van der Waals surface area (Å²) >= 11 is 5.81. The topological polar surface area (TPSA) is 49.8 Å². The lowest BCUT2D eigenvalue weighted by Crippen LogP contribution is -2.32. The van der Waals surface area contributed by atoms with Gasteiger partial charge in [-0.3, -0.25) is 4.90 Å². The number of halogens is 1. The first-order chi connectivity index (χ1) is 8.52. The molecule has 1 fully saturated rings. The Kier molecular flexibility index (Phi) is 3.78. The van der Waals surface area contributed by atoms with Crippen molar-refractivity contribution < 1.29 is 14.6 Å². The van der Waals surface area contributed by atoms with Crippen molar-refractivity contribution in [1.82, 2.24) is 4.90 Å². The molecular weight excluding hydrogens is 254 g/mol. The molecule has 1 saturated heterocycles. The van der Waals surface area contributed by atoms with E-state index in [0.717, 1.165) is 5.56 Å². The molecule has 0 radical (unpaired) electrons. The number of cyclic esters (lactones) is 1. The molecule has 1 N–H and O–H groups in total. The maximum absolute atomic E-state index is 11.7. The van der Waals surface area contributed by atoms with Crippen molar-refractivity contribution in [1.29, 1.82) is 0 Å². The van der Waals surface area contributed by atoms with Gasteiger partial charge in [0.05, 0.1) is 6.54 Å². The third-order valence-electron chi connectivity index (χ3n) is 3.04. The first-order valence-electron chi connectivity index (χ1n) is 5.86. The lowest BCUT2D eigenvalue weighted by atomic mass is 10.0. The molecule has 1 amide bonds. The Morgan fingerprint density at radius 1 is 1.44 bits per heavy atom. The first kappa shape index (κ1) is 13.2. The number of carbonyl (C=O) groups excluding carboxylic acids is 1. The summed E-state index contributed by atoms with van der Waals surface area (Å²) < 4.78 is 5.30. The molecule has 0 bridgehead atoms. The van der Waals surface area contributed by atoms with Crippen LogP contribution in [-0.2, 0) is 11.3 Å². The van der Waals surface area contributed by atoms with Crippen molar-refractivity contribution in [2.45, 2.75) is 25.5 Å². The minimum Gasteiger partial charge on any atom is -0.441 e. The van der Waals surface area contributed by atoms with Crippen molar-refractivity contribution in [2.24, 2.45) is 0 Å². The van der Waals surface area contributed by atoms with Crippen LogP contribution in [0.15, 0.2) is 24.3 Å². The molecule has 2 rings (SSSR count). The highest BCUT2D eigenvalue weighted by molar-refractivity contribution is 6.30. The Morgan fingerprint density at radius 2 is 2.11 bits per heavy atom. The van der Waals surface area contributed by atoms with Gasteiger partial charge in [-0.1, -0.05) is 23.7 Å². The van der Waals surface area contributed by atoms with E-state index in [-0.39, 0.29) is 12.7 Å². The second-order valence-electron chi connectivity index (χ2n) is 4.77. The summed E-state index contributed by atoms with van der Waals surface area (Å²) in [6, 6.07) is 7.37. The SMILES string of the molecule is CC1(CCO)CN(Cc2ccc(Cl)cc2)C(=O)O1. The van der Waals surface area contributed by atoms with Crippen molar-refractivity contribution in [3.8, 4) is 0 Å². The van der Waals surface area contributed by atoms with Gasteiger partial charge in [0.1, 0.15) is 5.60 Å². The van der Waals surface area contributed by atoms with E-state index in [0.29, 0.717) is 24.5 Å². The molecule has 1 aliphatic rings. The van der Waals surface area contributed by atoms with E-state index in [1.165, 1.54) is 0 Å². The van der Waals surface area contributed by atoms with Gasteiger partial charge in [0.15, 0.2) is 0 Å². The second-order valence-corrected chi connectivity index (χ2v) is 5.21. The predicted molar refractivity (Wildman–Crippen MR) is 68.5 cm³/mol. The summed E-state index contributed by atoms with van der Waals surface area (Å²) in [5.41, 5.74) is 0.419. The van der Waals surface area contributed by atoms with Crippen LogP contribution < -0.4 is 0 Å². The van der Waals surface area contributed by atoms with E-state index in [1.54, 1.807) is 17.0 Å². The van der Waals surface area contributed by atoms with E-state index in [2.05, 4.69) is 0 Å². The van der Waals surface area contributed by atoms with Crippen LogP contribution in [0.4, 0.5) is 4.79 Å². The first-order valence-corrected chi connectivity index (χ1v) is 6.23. The van der Waals surface area contributed by atoms with E-state index >= 15 is 0 Å². The molecule has 1 aromatic rings. The van der Waals surface area contributed by atoms with E-state index in [4.69, 9.17) is 21.4 Å². The van der Waals surface area contributed by atoms with E-state index in [1.807, 2.05) is 19.1 Å². The van der Waals surface area contributed by atoms with Crippen LogP contribution in [0, 0.1) is 0 Å². The van der Waals surface area contributed by atoms with Crippen LogP contribution in [0.1, 0.15) is 18.9 Å². The number of ether oxygens (including phenoxy) is 1. The molecule has 1 unspecified atom stereocenters. The Labute approximate surface area is 111 Å². The van der Waals surface area contributed by atoms with Crippen LogP contribution >= 0.6 is 11.6 Å². The summed E-state index contributed by atoms with van der Waals surface area (Å²) in [4.78, 5) is 13.4. The fourth-order valence-corrected chi connectivity index (χ4v) is 2.20. The fourth-order valence-electron chi connectivity index (χ4n) is 2.07. The van der Waals surface area contributed by atoms with E-state index in [9.17, 15) is 4.79 Å². The van der Waals surface area contributed by atoms with Gasteiger partial charge in [-0.05, 0) is 24.6 Å². The number of hydrogen-bond acceptors (Lipinski definition) is 3. The highest BCUT2D eigenvalue weighted by Gasteiger charge is 2.40. The Morgan fingerprint density at radius 3 is 2.72 bits per heavy atom. The van der Waals surface area contributed by atoms with Gasteiger partial charge in [0.2, 0.25) is 0 Å². The van der Waals surface area contributed by atoms with E-state index < -0.39 is 5.60 Å². The third-order valence-corrected chi connectivity index (χ3v) is 3.30. The molecular formula is C13H16ClNO3. The summed E-state index contributed by atoms with van der Waals surface area (Å²) in [7, 11) is 0. The average molecular weight is 270 g/mol. The Balaban J connectivity index is 2.02. The zero-order valence-electron chi connectivity index (χ0n) is 10.2. The smallest absolute Gasteiger partial charge is 0.410 e. The number of rotatable bonds is 4. The van der Waals surface area contributed by atoms with Gasteiger partial charge < -0.3 is 9.84 Å². The molecule has 1 aliphatic heterocycles. The maximum Gasteiger partial charge on any atom is 0.410 e. The maximum atomic E-state index is 11.7. The monoisotopic (exact) mass is 269 g/mol. The van der Waals surface area contributed by atoms with Gasteiger partial charge in [-0.25, -0.2) is 4.79 Å². The molecule has 0 spiro atoms. The van der Waals surface area contributed by atoms with Crippen molar-refractivity contribution in [3.05, 3.63) is 34.9 Å². The number of aliphatic hydroxyl groups is 1. The molecule has 5 heteroatoms. The van der Waals surface area contributed by atoms with Crippen molar-refractivity contribution >= 4 is 17.7 Å². The molecule has 98 valence electrons. The minimum absolute atomic E-state index is 0.0125. The number of nitrogens with zero attached hydrogens (tertiary/aromatic N) is 1. The largest absolute Gasteiger partial charge is 0.441 e. The lowest BCUT2D eigenvalue weighted by Gasteiger charge is -2.20. The zero-order chi connectivity index (χ0) is 13.2.